The minimum Gasteiger partial charge on any atom is -0.339 e. The van der Waals surface area contributed by atoms with Crippen molar-refractivity contribution in [3.05, 3.63) is 41.2 Å². The summed E-state index contributed by atoms with van der Waals surface area (Å²) in [5.74, 6) is 1.57. The summed E-state index contributed by atoms with van der Waals surface area (Å²) in [6.45, 7) is 2.03. The van der Waals surface area contributed by atoms with E-state index in [2.05, 4.69) is 39.9 Å². The van der Waals surface area contributed by atoms with Gasteiger partial charge < -0.3 is 5.32 Å². The summed E-state index contributed by atoms with van der Waals surface area (Å²) in [4.78, 5) is 6.20. The van der Waals surface area contributed by atoms with Gasteiger partial charge in [0.1, 0.15) is 0 Å². The lowest BCUT2D eigenvalue weighted by Crippen LogP contribution is -2.17. The highest BCUT2D eigenvalue weighted by Gasteiger charge is 2.25. The summed E-state index contributed by atoms with van der Waals surface area (Å²) >= 11 is 1.93. The number of H-pyrrole nitrogens is 1. The monoisotopic (exact) mass is 410 g/mol. The Morgan fingerprint density at radius 1 is 1.11 bits per heavy atom. The van der Waals surface area contributed by atoms with Crippen LogP contribution in [-0.4, -0.2) is 27.5 Å². The third-order valence-corrected chi connectivity index (χ3v) is 9.87. The lowest BCUT2D eigenvalue weighted by molar-refractivity contribution is 0.442. The molecule has 0 bridgehead atoms. The molecule has 6 heteroatoms. The molecule has 2 fully saturated rings. The Balaban J connectivity index is 1.44. The second kappa shape index (κ2) is 7.96. The van der Waals surface area contributed by atoms with E-state index < -0.39 is 0 Å². The number of benzene rings is 1. The molecule has 0 amide bonds. The molecular weight excluding hydrogens is 383 g/mol. The topological polar surface area (TPSA) is 53.6 Å². The maximum absolute atomic E-state index is 4.85. The highest BCUT2D eigenvalue weighted by atomic mass is 32.1. The standard InChI is InChI=1S/C22H27N4PS/c1-15-12-21(26-25-15)24-17-8-9-18(19(13-17)27-10-5-11-27)20-14-23-22(28-20)16-6-3-2-4-7-16/h8-9,12-14,16H,2-7,10-11H2,1H3,(H2,24,25,26). The van der Waals surface area contributed by atoms with E-state index in [1.165, 1.54) is 71.6 Å². The Hall–Kier alpha value is -1.71. The molecule has 0 radical (unpaired) electrons. The van der Waals surface area contributed by atoms with Gasteiger partial charge in [0, 0.05) is 35.1 Å². The van der Waals surface area contributed by atoms with E-state index in [0.29, 0.717) is 5.92 Å². The van der Waals surface area contributed by atoms with Crippen molar-refractivity contribution in [2.75, 3.05) is 17.6 Å². The zero-order valence-corrected chi connectivity index (χ0v) is 18.1. The number of aromatic amines is 1. The molecule has 2 aromatic heterocycles. The summed E-state index contributed by atoms with van der Waals surface area (Å²) in [7, 11) is -0.0175. The first kappa shape index (κ1) is 18.3. The molecule has 1 aromatic carbocycles. The molecule has 1 aliphatic heterocycles. The fourth-order valence-corrected chi connectivity index (χ4v) is 7.39. The first-order chi connectivity index (χ1) is 13.8. The van der Waals surface area contributed by atoms with E-state index in [9.17, 15) is 0 Å². The van der Waals surface area contributed by atoms with Gasteiger partial charge in [-0.3, -0.25) is 5.10 Å². The van der Waals surface area contributed by atoms with Crippen LogP contribution >= 0.6 is 19.3 Å². The van der Waals surface area contributed by atoms with Crippen molar-refractivity contribution in [1.29, 1.82) is 0 Å². The van der Waals surface area contributed by atoms with Crippen molar-refractivity contribution in [2.24, 2.45) is 0 Å². The molecule has 4 nitrogen and oxygen atoms in total. The van der Waals surface area contributed by atoms with Gasteiger partial charge in [0.25, 0.3) is 0 Å². The van der Waals surface area contributed by atoms with Gasteiger partial charge >= 0.3 is 0 Å². The zero-order chi connectivity index (χ0) is 18.9. The number of anilines is 2. The number of rotatable bonds is 5. The number of aryl methyl sites for hydroxylation is 1. The summed E-state index contributed by atoms with van der Waals surface area (Å²) in [6.07, 6.45) is 13.0. The van der Waals surface area contributed by atoms with Crippen LogP contribution in [0.5, 0.6) is 0 Å². The molecule has 2 aliphatic rings. The fourth-order valence-electron chi connectivity index (χ4n) is 4.22. The van der Waals surface area contributed by atoms with Crippen LogP contribution in [0, 0.1) is 6.92 Å². The number of aromatic nitrogens is 3. The molecule has 1 saturated carbocycles. The molecule has 146 valence electrons. The second-order valence-corrected chi connectivity index (χ2v) is 11.5. The predicted octanol–water partition coefficient (Wildman–Crippen LogP) is 6.14. The predicted molar refractivity (Wildman–Crippen MR) is 121 cm³/mol. The van der Waals surface area contributed by atoms with Gasteiger partial charge in [-0.2, -0.15) is 5.10 Å². The molecule has 0 atom stereocenters. The number of nitrogens with one attached hydrogen (secondary N) is 2. The Bertz CT molecular complexity index is 953. The van der Waals surface area contributed by atoms with E-state index in [4.69, 9.17) is 4.98 Å². The molecule has 28 heavy (non-hydrogen) atoms. The number of hydrogen-bond acceptors (Lipinski definition) is 4. The van der Waals surface area contributed by atoms with Gasteiger partial charge in [0.05, 0.1) is 9.88 Å². The van der Waals surface area contributed by atoms with E-state index >= 15 is 0 Å². The third-order valence-electron chi connectivity index (χ3n) is 5.92. The average Bonchev–Trinajstić information content (AvgIpc) is 3.31. The molecule has 2 N–H and O–H groups in total. The van der Waals surface area contributed by atoms with Gasteiger partial charge in [0.15, 0.2) is 5.82 Å². The van der Waals surface area contributed by atoms with Crippen LogP contribution in [0.15, 0.2) is 30.5 Å². The van der Waals surface area contributed by atoms with E-state index in [0.717, 1.165) is 17.2 Å². The van der Waals surface area contributed by atoms with Gasteiger partial charge in [-0.25, -0.2) is 4.98 Å². The fraction of sp³-hybridized carbons (Fsp3) is 0.455. The summed E-state index contributed by atoms with van der Waals surface area (Å²) in [5, 5.41) is 13.7. The maximum Gasteiger partial charge on any atom is 0.152 e. The Morgan fingerprint density at radius 2 is 1.96 bits per heavy atom. The summed E-state index contributed by atoms with van der Waals surface area (Å²) in [6, 6.07) is 8.90. The van der Waals surface area contributed by atoms with Crippen molar-refractivity contribution in [3.8, 4) is 10.4 Å². The van der Waals surface area contributed by atoms with E-state index in [1.807, 2.05) is 24.3 Å². The minimum atomic E-state index is -0.0175. The lowest BCUT2D eigenvalue weighted by atomic mass is 9.90. The summed E-state index contributed by atoms with van der Waals surface area (Å²) < 4.78 is 0. The van der Waals surface area contributed by atoms with Crippen molar-refractivity contribution in [3.63, 3.8) is 0 Å². The number of hydrogen-bond donors (Lipinski definition) is 2. The molecule has 5 rings (SSSR count). The second-order valence-electron chi connectivity index (χ2n) is 8.03. The smallest absolute Gasteiger partial charge is 0.152 e. The van der Waals surface area contributed by atoms with Crippen molar-refractivity contribution < 1.29 is 0 Å². The number of thiazole rings is 1. The Kier molecular flexibility index (Phi) is 5.21. The molecule has 1 aliphatic carbocycles. The van der Waals surface area contributed by atoms with Crippen molar-refractivity contribution >= 4 is 36.1 Å². The average molecular weight is 411 g/mol. The normalized spacial score (nSPS) is 18.2. The van der Waals surface area contributed by atoms with Crippen LogP contribution in [0.25, 0.3) is 10.4 Å². The zero-order valence-electron chi connectivity index (χ0n) is 16.4. The minimum absolute atomic E-state index is 0.0175. The van der Waals surface area contributed by atoms with Crippen LogP contribution in [0.3, 0.4) is 0 Å². The van der Waals surface area contributed by atoms with Crippen molar-refractivity contribution in [1.82, 2.24) is 15.2 Å². The van der Waals surface area contributed by atoms with Gasteiger partial charge in [-0.05, 0) is 55.9 Å². The quantitative estimate of drug-likeness (QED) is 0.497. The van der Waals surface area contributed by atoms with Crippen molar-refractivity contribution in [2.45, 2.75) is 51.4 Å². The van der Waals surface area contributed by atoms with Crippen LogP contribution in [0.4, 0.5) is 11.5 Å². The number of nitrogens with zero attached hydrogens (tertiary/aromatic N) is 2. The highest BCUT2D eigenvalue weighted by molar-refractivity contribution is 7.67. The van der Waals surface area contributed by atoms with Gasteiger partial charge in [0.2, 0.25) is 0 Å². The molecular formula is C22H27N4PS. The Labute approximate surface area is 171 Å². The summed E-state index contributed by atoms with van der Waals surface area (Å²) in [5.41, 5.74) is 3.62. The van der Waals surface area contributed by atoms with Crippen LogP contribution in [0.2, 0.25) is 0 Å². The highest BCUT2D eigenvalue weighted by Crippen LogP contribution is 2.48. The third kappa shape index (κ3) is 3.75. The largest absolute Gasteiger partial charge is 0.339 e. The van der Waals surface area contributed by atoms with Gasteiger partial charge in [-0.1, -0.05) is 33.3 Å². The Morgan fingerprint density at radius 3 is 2.68 bits per heavy atom. The van der Waals surface area contributed by atoms with Crippen LogP contribution < -0.4 is 10.6 Å². The molecule has 1 saturated heterocycles. The maximum atomic E-state index is 4.85. The van der Waals surface area contributed by atoms with Crippen LogP contribution in [-0.2, 0) is 0 Å². The lowest BCUT2D eigenvalue weighted by Gasteiger charge is -2.29. The SMILES string of the molecule is Cc1cc(Nc2ccc(-c3cnc(C4CCCCC4)s3)c(P3CCC3)c2)n[nH]1. The first-order valence-corrected chi connectivity index (χ1v) is 12.9. The molecule has 0 spiro atoms. The molecule has 0 unspecified atom stereocenters. The molecule has 3 aromatic rings. The van der Waals surface area contributed by atoms with E-state index in [1.54, 1.807) is 0 Å². The van der Waals surface area contributed by atoms with E-state index in [-0.39, 0.29) is 7.92 Å². The van der Waals surface area contributed by atoms with Crippen LogP contribution in [0.1, 0.15) is 55.1 Å². The molecule has 3 heterocycles. The van der Waals surface area contributed by atoms with Gasteiger partial charge in [-0.15, -0.1) is 11.3 Å². The first-order valence-electron chi connectivity index (χ1n) is 10.4.